The van der Waals surface area contributed by atoms with Crippen LogP contribution in [0.25, 0.3) is 11.2 Å². The predicted octanol–water partition coefficient (Wildman–Crippen LogP) is 1.96. The Labute approximate surface area is 212 Å². The molecule has 11 heteroatoms. The lowest BCUT2D eigenvalue weighted by Crippen LogP contribution is -2.42. The van der Waals surface area contributed by atoms with E-state index in [1.54, 1.807) is 6.92 Å². The molecule has 0 saturated carbocycles. The maximum Gasteiger partial charge on any atom is 0.312 e. The Hall–Kier alpha value is -3.93. The first-order valence-corrected chi connectivity index (χ1v) is 12.0. The molecule has 4 N–H and O–H groups in total. The van der Waals surface area contributed by atoms with Crippen LogP contribution in [0.4, 0.5) is 10.2 Å². The number of aliphatic hydroxyl groups excluding tert-OH is 2. The number of anilines is 1. The number of hydrogen-bond acceptors (Lipinski definition) is 8. The minimum atomic E-state index is -1.48. The summed E-state index contributed by atoms with van der Waals surface area (Å²) in [6.45, 7) is 2.46. The number of hydrogen-bond donors (Lipinski definition) is 4. The lowest BCUT2D eigenvalue weighted by atomic mass is 9.91. The number of halogens is 1. The van der Waals surface area contributed by atoms with E-state index < -0.39 is 36.5 Å². The minimum absolute atomic E-state index is 0.0504. The van der Waals surface area contributed by atoms with Crippen molar-refractivity contribution in [3.05, 3.63) is 84.2 Å². The summed E-state index contributed by atoms with van der Waals surface area (Å²) in [5.41, 5.74) is 2.46. The highest BCUT2D eigenvalue weighted by Crippen LogP contribution is 2.33. The Morgan fingerprint density at radius 3 is 2.32 bits per heavy atom. The second-order valence-electron chi connectivity index (χ2n) is 8.74. The van der Waals surface area contributed by atoms with E-state index >= 15 is 0 Å². The van der Waals surface area contributed by atoms with Gasteiger partial charge in [-0.15, -0.1) is 0 Å². The van der Waals surface area contributed by atoms with Crippen LogP contribution < -0.4 is 10.6 Å². The summed E-state index contributed by atoms with van der Waals surface area (Å²) >= 11 is 0. The van der Waals surface area contributed by atoms with Crippen molar-refractivity contribution in [1.82, 2.24) is 24.8 Å². The zero-order valence-corrected chi connectivity index (χ0v) is 20.0. The summed E-state index contributed by atoms with van der Waals surface area (Å²) in [6, 6.07) is 19.9. The van der Waals surface area contributed by atoms with Crippen LogP contribution in [0, 0.1) is 6.08 Å². The molecule has 0 bridgehead atoms. The summed E-state index contributed by atoms with van der Waals surface area (Å²) < 4.78 is 21.5. The molecule has 3 heterocycles. The number of amides is 1. The van der Waals surface area contributed by atoms with Crippen molar-refractivity contribution >= 4 is 22.9 Å². The van der Waals surface area contributed by atoms with Gasteiger partial charge in [0.2, 0.25) is 0 Å². The number of imidazole rings is 1. The van der Waals surface area contributed by atoms with E-state index in [0.29, 0.717) is 13.1 Å². The molecular weight excluding hydrogens is 479 g/mol. The van der Waals surface area contributed by atoms with Crippen LogP contribution in [-0.2, 0) is 9.53 Å². The quantitative estimate of drug-likeness (QED) is 0.267. The molecule has 1 fully saturated rings. The molecule has 10 nitrogen and oxygen atoms in total. The van der Waals surface area contributed by atoms with Gasteiger partial charge in [-0.05, 0) is 18.1 Å². The van der Waals surface area contributed by atoms with Crippen molar-refractivity contribution in [3.8, 4) is 0 Å². The molecule has 2 aromatic carbocycles. The number of nitrogens with zero attached hydrogens (tertiary/aromatic N) is 4. The summed E-state index contributed by atoms with van der Waals surface area (Å²) in [5.74, 6) is -0.436. The van der Waals surface area contributed by atoms with Crippen molar-refractivity contribution in [1.29, 1.82) is 0 Å². The third-order valence-corrected chi connectivity index (χ3v) is 6.39. The standard InChI is InChI=1S/C26H27FN6O4/c1-2-28-24(36)21-19(34)20(35)25(37-21)33-14-30-18-22(31-26(27)32-23(18)33)29-13-17(15-9-5-3-6-10-15)16-11-7-4-8-12-16/h3-12,14,17,19-21,25,34-35H,2,13H2,1H3,(H,28,36)(H,29,31,32)/t19-,20+,21-,25+/m0/s1. The zero-order valence-electron chi connectivity index (χ0n) is 20.0. The van der Waals surface area contributed by atoms with Gasteiger partial charge >= 0.3 is 6.08 Å². The molecule has 4 atom stereocenters. The van der Waals surface area contributed by atoms with Crippen LogP contribution in [0.1, 0.15) is 30.2 Å². The van der Waals surface area contributed by atoms with E-state index in [-0.39, 0.29) is 22.9 Å². The van der Waals surface area contributed by atoms with E-state index in [1.807, 2.05) is 60.7 Å². The molecule has 0 aliphatic carbocycles. The van der Waals surface area contributed by atoms with Gasteiger partial charge in [-0.2, -0.15) is 14.4 Å². The highest BCUT2D eigenvalue weighted by molar-refractivity contribution is 5.83. The van der Waals surface area contributed by atoms with Crippen LogP contribution >= 0.6 is 0 Å². The van der Waals surface area contributed by atoms with E-state index in [0.717, 1.165) is 11.1 Å². The van der Waals surface area contributed by atoms with Gasteiger partial charge in [-0.1, -0.05) is 60.7 Å². The maximum absolute atomic E-state index is 14.6. The SMILES string of the molecule is CCNC(=O)[C@H]1O[C@@H](n2cnc3c(NCC(c4ccccc4)c4ccccc4)nc(F)nc32)[C@H](O)[C@@H]1O. The molecule has 1 aliphatic rings. The van der Waals surface area contributed by atoms with Gasteiger partial charge in [0.1, 0.15) is 12.2 Å². The van der Waals surface area contributed by atoms with Gasteiger partial charge in [0.15, 0.2) is 29.3 Å². The topological polar surface area (TPSA) is 134 Å². The highest BCUT2D eigenvalue weighted by Gasteiger charge is 2.47. The van der Waals surface area contributed by atoms with Gasteiger partial charge in [0.05, 0.1) is 6.33 Å². The fraction of sp³-hybridized carbons (Fsp3) is 0.308. The number of carbonyl (C=O) groups is 1. The first-order valence-electron chi connectivity index (χ1n) is 12.0. The van der Waals surface area contributed by atoms with Crippen molar-refractivity contribution in [2.45, 2.75) is 37.4 Å². The smallest absolute Gasteiger partial charge is 0.312 e. The van der Waals surface area contributed by atoms with Crippen molar-refractivity contribution < 1.29 is 24.1 Å². The van der Waals surface area contributed by atoms with Crippen molar-refractivity contribution in [3.63, 3.8) is 0 Å². The van der Waals surface area contributed by atoms with Crippen LogP contribution in [0.2, 0.25) is 0 Å². The van der Waals surface area contributed by atoms with Crippen molar-refractivity contribution in [2.75, 3.05) is 18.4 Å². The molecule has 0 spiro atoms. The average Bonchev–Trinajstić information content (AvgIpc) is 3.46. The minimum Gasteiger partial charge on any atom is -0.387 e. The van der Waals surface area contributed by atoms with E-state index in [4.69, 9.17) is 4.74 Å². The average molecular weight is 507 g/mol. The molecule has 192 valence electrons. The monoisotopic (exact) mass is 506 g/mol. The second-order valence-corrected chi connectivity index (χ2v) is 8.74. The summed E-state index contributed by atoms with van der Waals surface area (Å²) in [4.78, 5) is 24.4. The van der Waals surface area contributed by atoms with Crippen LogP contribution in [-0.4, -0.2) is 67.0 Å². The fourth-order valence-electron chi connectivity index (χ4n) is 4.58. The first kappa shape index (κ1) is 24.8. The second kappa shape index (κ2) is 10.6. The first-order chi connectivity index (χ1) is 18.0. The van der Waals surface area contributed by atoms with E-state index in [9.17, 15) is 19.4 Å². The molecule has 0 radical (unpaired) electrons. The van der Waals surface area contributed by atoms with E-state index in [1.165, 1.54) is 10.9 Å². The highest BCUT2D eigenvalue weighted by atomic mass is 19.1. The molecule has 1 saturated heterocycles. The zero-order chi connectivity index (χ0) is 25.9. The van der Waals surface area contributed by atoms with Gasteiger partial charge in [0, 0.05) is 19.0 Å². The number of aromatic nitrogens is 4. The van der Waals surface area contributed by atoms with Crippen molar-refractivity contribution in [2.24, 2.45) is 0 Å². The summed E-state index contributed by atoms with van der Waals surface area (Å²) in [7, 11) is 0. The molecule has 2 aromatic heterocycles. The number of carbonyl (C=O) groups excluding carboxylic acids is 1. The lowest BCUT2D eigenvalue weighted by molar-refractivity contribution is -0.137. The Morgan fingerprint density at radius 2 is 1.70 bits per heavy atom. The Morgan fingerprint density at radius 1 is 1.05 bits per heavy atom. The Balaban J connectivity index is 1.44. The molecule has 37 heavy (non-hydrogen) atoms. The predicted molar refractivity (Wildman–Crippen MR) is 133 cm³/mol. The Bertz CT molecular complexity index is 1330. The lowest BCUT2D eigenvalue weighted by Gasteiger charge is -2.19. The number of likely N-dealkylation sites (N-methyl/N-ethyl adjacent to an activating group) is 1. The normalized spacial score (nSPS) is 21.4. The number of aliphatic hydroxyl groups is 2. The molecule has 1 aliphatic heterocycles. The van der Waals surface area contributed by atoms with Crippen LogP contribution in [0.15, 0.2) is 67.0 Å². The number of fused-ring (bicyclic) bond motifs is 1. The van der Waals surface area contributed by atoms with Gasteiger partial charge < -0.3 is 25.6 Å². The molecular formula is C26H27FN6O4. The maximum atomic E-state index is 14.6. The van der Waals surface area contributed by atoms with Gasteiger partial charge in [0.25, 0.3) is 5.91 Å². The molecule has 1 amide bonds. The number of ether oxygens (including phenoxy) is 1. The Kier molecular flexibility index (Phi) is 7.08. The third kappa shape index (κ3) is 4.88. The third-order valence-electron chi connectivity index (χ3n) is 6.39. The fourth-order valence-corrected chi connectivity index (χ4v) is 4.58. The summed E-state index contributed by atoms with van der Waals surface area (Å²) in [5, 5.41) is 26.7. The largest absolute Gasteiger partial charge is 0.387 e. The van der Waals surface area contributed by atoms with Crippen LogP contribution in [0.3, 0.4) is 0 Å². The molecule has 0 unspecified atom stereocenters. The van der Waals surface area contributed by atoms with Gasteiger partial charge in [-0.3, -0.25) is 9.36 Å². The number of nitrogens with one attached hydrogen (secondary N) is 2. The van der Waals surface area contributed by atoms with Gasteiger partial charge in [-0.25, -0.2) is 4.98 Å². The van der Waals surface area contributed by atoms with Crippen LogP contribution in [0.5, 0.6) is 0 Å². The van der Waals surface area contributed by atoms with E-state index in [2.05, 4.69) is 25.6 Å². The number of rotatable bonds is 8. The molecule has 4 aromatic rings. The summed E-state index contributed by atoms with van der Waals surface area (Å²) in [6.07, 6.45) is -5.11. The number of benzene rings is 2. The molecule has 5 rings (SSSR count).